The van der Waals surface area contributed by atoms with E-state index in [1.807, 2.05) is 0 Å². The summed E-state index contributed by atoms with van der Waals surface area (Å²) in [6, 6.07) is 1.60. The van der Waals surface area contributed by atoms with Gasteiger partial charge in [0.25, 0.3) is 0 Å². The molecule has 1 aliphatic carbocycles. The van der Waals surface area contributed by atoms with Gasteiger partial charge < -0.3 is 5.32 Å². The molecule has 1 heterocycles. The predicted octanol–water partition coefficient (Wildman–Crippen LogP) is 3.37. The van der Waals surface area contributed by atoms with Gasteiger partial charge in [-0.2, -0.15) is 11.8 Å². The van der Waals surface area contributed by atoms with Gasteiger partial charge in [0.15, 0.2) is 0 Å². The largest absolute Gasteiger partial charge is 0.313 e. The fourth-order valence-corrected chi connectivity index (χ4v) is 4.48. The molecule has 19 heavy (non-hydrogen) atoms. The summed E-state index contributed by atoms with van der Waals surface area (Å²) in [5.74, 6) is 0.810. The Morgan fingerprint density at radius 2 is 1.95 bits per heavy atom. The number of hydrogen-bond donors (Lipinski definition) is 1. The van der Waals surface area contributed by atoms with E-state index < -0.39 is 0 Å². The molecule has 0 radical (unpaired) electrons. The van der Waals surface area contributed by atoms with Gasteiger partial charge in [-0.1, -0.05) is 13.8 Å². The second kappa shape index (κ2) is 7.90. The van der Waals surface area contributed by atoms with Crippen LogP contribution < -0.4 is 5.32 Å². The minimum atomic E-state index is 0.723. The SMILES string of the molecule is CSC1CCC(N2CCCNC(CC(C)C)C2)CC1. The van der Waals surface area contributed by atoms with E-state index in [4.69, 9.17) is 0 Å². The number of thioether (sulfide) groups is 1. The Labute approximate surface area is 124 Å². The number of nitrogens with one attached hydrogen (secondary N) is 1. The molecule has 2 rings (SSSR count). The molecule has 0 amide bonds. The maximum atomic E-state index is 3.76. The molecule has 2 nitrogen and oxygen atoms in total. The van der Waals surface area contributed by atoms with Crippen molar-refractivity contribution in [3.8, 4) is 0 Å². The van der Waals surface area contributed by atoms with Crippen LogP contribution in [0.15, 0.2) is 0 Å². The average molecular weight is 285 g/mol. The molecule has 0 aromatic carbocycles. The summed E-state index contributed by atoms with van der Waals surface area (Å²) in [6.45, 7) is 8.51. The highest BCUT2D eigenvalue weighted by Gasteiger charge is 2.28. The van der Waals surface area contributed by atoms with Crippen molar-refractivity contribution in [3.63, 3.8) is 0 Å². The van der Waals surface area contributed by atoms with E-state index in [1.165, 1.54) is 58.2 Å². The first kappa shape index (κ1) is 15.7. The Morgan fingerprint density at radius 1 is 1.21 bits per heavy atom. The average Bonchev–Trinajstić information content (AvgIpc) is 2.64. The summed E-state index contributed by atoms with van der Waals surface area (Å²) >= 11 is 2.08. The molecule has 3 heteroatoms. The van der Waals surface area contributed by atoms with Crippen LogP contribution in [0.2, 0.25) is 0 Å². The first-order chi connectivity index (χ1) is 9.19. The molecule has 1 atom stereocenters. The zero-order valence-corrected chi connectivity index (χ0v) is 13.8. The molecular weight excluding hydrogens is 252 g/mol. The normalized spacial score (nSPS) is 34.4. The van der Waals surface area contributed by atoms with E-state index in [-0.39, 0.29) is 0 Å². The summed E-state index contributed by atoms with van der Waals surface area (Å²) in [5.41, 5.74) is 0. The summed E-state index contributed by atoms with van der Waals surface area (Å²) in [7, 11) is 0. The zero-order chi connectivity index (χ0) is 13.7. The van der Waals surface area contributed by atoms with Crippen LogP contribution >= 0.6 is 11.8 Å². The first-order valence-electron chi connectivity index (χ1n) is 8.19. The molecule has 0 spiro atoms. The molecule has 1 N–H and O–H groups in total. The van der Waals surface area contributed by atoms with E-state index in [1.54, 1.807) is 0 Å². The van der Waals surface area contributed by atoms with Crippen molar-refractivity contribution < 1.29 is 0 Å². The van der Waals surface area contributed by atoms with Gasteiger partial charge in [-0.25, -0.2) is 0 Å². The van der Waals surface area contributed by atoms with E-state index in [0.717, 1.165) is 23.3 Å². The Hall–Kier alpha value is 0.270. The minimum absolute atomic E-state index is 0.723. The Balaban J connectivity index is 1.84. The van der Waals surface area contributed by atoms with Gasteiger partial charge in [0.05, 0.1) is 0 Å². The molecule has 1 aliphatic heterocycles. The van der Waals surface area contributed by atoms with Crippen LogP contribution in [0.5, 0.6) is 0 Å². The first-order valence-corrected chi connectivity index (χ1v) is 9.48. The van der Waals surface area contributed by atoms with Crippen LogP contribution in [-0.2, 0) is 0 Å². The number of rotatable bonds is 4. The molecule has 0 aromatic heterocycles. The molecule has 112 valence electrons. The quantitative estimate of drug-likeness (QED) is 0.852. The third-order valence-electron chi connectivity index (χ3n) is 4.76. The van der Waals surface area contributed by atoms with Crippen LogP contribution in [0.1, 0.15) is 52.4 Å². The highest BCUT2D eigenvalue weighted by Crippen LogP contribution is 2.30. The monoisotopic (exact) mass is 284 g/mol. The van der Waals surface area contributed by atoms with E-state index in [9.17, 15) is 0 Å². The van der Waals surface area contributed by atoms with E-state index in [0.29, 0.717) is 0 Å². The third-order valence-corrected chi connectivity index (χ3v) is 5.90. The van der Waals surface area contributed by atoms with Gasteiger partial charge in [0.2, 0.25) is 0 Å². The lowest BCUT2D eigenvalue weighted by atomic mass is 9.93. The molecule has 0 bridgehead atoms. The predicted molar refractivity (Wildman–Crippen MR) is 87.0 cm³/mol. The molecular formula is C16H32N2S. The topological polar surface area (TPSA) is 15.3 Å². The van der Waals surface area contributed by atoms with Crippen molar-refractivity contribution in [1.29, 1.82) is 0 Å². The summed E-state index contributed by atoms with van der Waals surface area (Å²) in [4.78, 5) is 2.81. The molecule has 2 fully saturated rings. The van der Waals surface area contributed by atoms with Crippen LogP contribution in [0, 0.1) is 5.92 Å². The van der Waals surface area contributed by atoms with Crippen LogP contribution in [-0.4, -0.2) is 48.1 Å². The molecule has 1 saturated carbocycles. The smallest absolute Gasteiger partial charge is 0.0197 e. The van der Waals surface area contributed by atoms with Gasteiger partial charge >= 0.3 is 0 Å². The molecule has 0 aromatic rings. The van der Waals surface area contributed by atoms with Crippen LogP contribution in [0.4, 0.5) is 0 Å². The van der Waals surface area contributed by atoms with Gasteiger partial charge in [-0.05, 0) is 63.8 Å². The lowest BCUT2D eigenvalue weighted by Crippen LogP contribution is -2.44. The van der Waals surface area contributed by atoms with Crippen molar-refractivity contribution in [2.45, 2.75) is 69.7 Å². The summed E-state index contributed by atoms with van der Waals surface area (Å²) < 4.78 is 0. The van der Waals surface area contributed by atoms with Gasteiger partial charge in [-0.3, -0.25) is 4.90 Å². The Bertz CT molecular complexity index is 249. The second-order valence-corrected chi connectivity index (χ2v) is 7.93. The van der Waals surface area contributed by atoms with Crippen molar-refractivity contribution in [3.05, 3.63) is 0 Å². The standard InChI is InChI=1S/C16H32N2S/c1-13(2)11-14-12-18(10-4-9-17-14)15-5-7-16(19-3)8-6-15/h13-17H,4-12H2,1-3H3. The second-order valence-electron chi connectivity index (χ2n) is 6.80. The van der Waals surface area contributed by atoms with E-state index >= 15 is 0 Å². The number of hydrogen-bond acceptors (Lipinski definition) is 3. The fourth-order valence-electron chi connectivity index (χ4n) is 3.73. The minimum Gasteiger partial charge on any atom is -0.313 e. The lowest BCUT2D eigenvalue weighted by molar-refractivity contribution is 0.151. The van der Waals surface area contributed by atoms with Gasteiger partial charge in [-0.15, -0.1) is 0 Å². The van der Waals surface area contributed by atoms with Gasteiger partial charge in [0, 0.05) is 23.9 Å². The van der Waals surface area contributed by atoms with Crippen molar-refractivity contribution in [2.24, 2.45) is 5.92 Å². The summed E-state index contributed by atoms with van der Waals surface area (Å²) in [5, 5.41) is 4.69. The zero-order valence-electron chi connectivity index (χ0n) is 13.0. The lowest BCUT2D eigenvalue weighted by Gasteiger charge is -2.37. The number of nitrogens with zero attached hydrogens (tertiary/aromatic N) is 1. The van der Waals surface area contributed by atoms with Crippen LogP contribution in [0.3, 0.4) is 0 Å². The maximum absolute atomic E-state index is 3.76. The van der Waals surface area contributed by atoms with Crippen LogP contribution in [0.25, 0.3) is 0 Å². The van der Waals surface area contributed by atoms with Crippen molar-refractivity contribution in [1.82, 2.24) is 10.2 Å². The van der Waals surface area contributed by atoms with Gasteiger partial charge in [0.1, 0.15) is 0 Å². The summed E-state index contributed by atoms with van der Waals surface area (Å²) in [6.07, 6.45) is 10.7. The van der Waals surface area contributed by atoms with Crippen molar-refractivity contribution >= 4 is 11.8 Å². The highest BCUT2D eigenvalue weighted by molar-refractivity contribution is 7.99. The molecule has 2 aliphatic rings. The Kier molecular flexibility index (Phi) is 6.51. The molecule has 1 saturated heterocycles. The van der Waals surface area contributed by atoms with E-state index in [2.05, 4.69) is 42.1 Å². The molecule has 1 unspecified atom stereocenters. The fraction of sp³-hybridized carbons (Fsp3) is 1.00. The van der Waals surface area contributed by atoms with Crippen molar-refractivity contribution in [2.75, 3.05) is 25.9 Å². The highest BCUT2D eigenvalue weighted by atomic mass is 32.2. The third kappa shape index (κ3) is 4.95. The Morgan fingerprint density at radius 3 is 2.58 bits per heavy atom. The maximum Gasteiger partial charge on any atom is 0.0197 e.